The van der Waals surface area contributed by atoms with Crippen molar-refractivity contribution in [3.8, 4) is 0 Å². The third-order valence-electron chi connectivity index (χ3n) is 2.25. The standard InChI is InChI=1S/C6H6N2O.C6H8O7/c7-6(9)5-1-3-8-4-2-5;7-3(8)1-6(13,5(11)12)2-4(9)10/h1-4H,(H2,7,9);13H,1-2H2,(H,7,8)(H,9,10)(H,11,12). The molecule has 1 rings (SSSR count). The van der Waals surface area contributed by atoms with E-state index in [9.17, 15) is 19.2 Å². The topological polar surface area (TPSA) is 188 Å². The molecule has 0 atom stereocenters. The van der Waals surface area contributed by atoms with Gasteiger partial charge in [-0.3, -0.25) is 19.4 Å². The summed E-state index contributed by atoms with van der Waals surface area (Å²) in [5, 5.41) is 33.8. The van der Waals surface area contributed by atoms with Crippen molar-refractivity contribution in [3.63, 3.8) is 0 Å². The number of hydrogen-bond donors (Lipinski definition) is 5. The van der Waals surface area contributed by atoms with E-state index in [4.69, 9.17) is 26.2 Å². The Morgan fingerprint density at radius 1 is 1.00 bits per heavy atom. The van der Waals surface area contributed by atoms with Crippen LogP contribution >= 0.6 is 0 Å². The summed E-state index contributed by atoms with van der Waals surface area (Å²) in [6.07, 6.45) is 0.767. The van der Waals surface area contributed by atoms with E-state index in [1.165, 1.54) is 12.4 Å². The number of amides is 1. The molecule has 22 heavy (non-hydrogen) atoms. The second kappa shape index (κ2) is 8.32. The van der Waals surface area contributed by atoms with Gasteiger partial charge in [-0.25, -0.2) is 4.79 Å². The molecule has 0 aliphatic carbocycles. The van der Waals surface area contributed by atoms with Crippen molar-refractivity contribution in [2.45, 2.75) is 18.4 Å². The second-order valence-corrected chi connectivity index (χ2v) is 4.08. The van der Waals surface area contributed by atoms with Gasteiger partial charge in [-0.2, -0.15) is 0 Å². The molecule has 6 N–H and O–H groups in total. The van der Waals surface area contributed by atoms with Gasteiger partial charge >= 0.3 is 17.9 Å². The molecule has 0 spiro atoms. The minimum Gasteiger partial charge on any atom is -0.481 e. The van der Waals surface area contributed by atoms with Crippen LogP contribution in [0.4, 0.5) is 0 Å². The summed E-state index contributed by atoms with van der Waals surface area (Å²) in [5.41, 5.74) is 2.70. The Morgan fingerprint density at radius 2 is 1.41 bits per heavy atom. The van der Waals surface area contributed by atoms with Crippen molar-refractivity contribution in [2.24, 2.45) is 5.73 Å². The number of pyridine rings is 1. The fourth-order valence-electron chi connectivity index (χ4n) is 1.23. The number of primary amides is 1. The zero-order chi connectivity index (χ0) is 17.3. The van der Waals surface area contributed by atoms with E-state index in [-0.39, 0.29) is 0 Å². The Bertz CT molecular complexity index is 542. The first-order chi connectivity index (χ1) is 10.1. The van der Waals surface area contributed by atoms with E-state index in [1.807, 2.05) is 0 Å². The number of hydrogen-bond acceptors (Lipinski definition) is 6. The molecule has 0 aliphatic heterocycles. The van der Waals surface area contributed by atoms with E-state index in [0.717, 1.165) is 0 Å². The molecular formula is C12H14N2O8. The normalized spacial score (nSPS) is 10.0. The average Bonchev–Trinajstić information content (AvgIpc) is 2.38. The van der Waals surface area contributed by atoms with E-state index in [0.29, 0.717) is 5.56 Å². The predicted molar refractivity (Wildman–Crippen MR) is 69.8 cm³/mol. The van der Waals surface area contributed by atoms with Crippen molar-refractivity contribution in [1.82, 2.24) is 4.98 Å². The lowest BCUT2D eigenvalue weighted by Gasteiger charge is -2.18. The Labute approximate surface area is 123 Å². The highest BCUT2D eigenvalue weighted by molar-refractivity contribution is 5.92. The van der Waals surface area contributed by atoms with Gasteiger partial charge in [-0.1, -0.05) is 0 Å². The van der Waals surface area contributed by atoms with Crippen LogP contribution in [-0.4, -0.2) is 54.8 Å². The highest BCUT2D eigenvalue weighted by Gasteiger charge is 2.40. The Morgan fingerprint density at radius 3 is 1.64 bits per heavy atom. The average molecular weight is 314 g/mol. The number of aromatic nitrogens is 1. The number of aliphatic carboxylic acids is 3. The molecule has 1 aromatic rings. The van der Waals surface area contributed by atoms with E-state index in [1.54, 1.807) is 12.1 Å². The lowest BCUT2D eigenvalue weighted by Crippen LogP contribution is -2.42. The molecule has 0 aliphatic rings. The SMILES string of the molecule is NC(=O)c1ccncc1.O=C(O)CC(O)(CC(=O)O)C(=O)O. The van der Waals surface area contributed by atoms with Crippen LogP contribution in [0.1, 0.15) is 23.2 Å². The quantitative estimate of drug-likeness (QED) is 0.435. The van der Waals surface area contributed by atoms with Crippen LogP contribution in [0.5, 0.6) is 0 Å². The van der Waals surface area contributed by atoms with Crippen LogP contribution in [0.3, 0.4) is 0 Å². The number of carboxylic acid groups (broad SMARTS) is 3. The molecule has 0 saturated heterocycles. The van der Waals surface area contributed by atoms with Crippen LogP contribution in [-0.2, 0) is 14.4 Å². The van der Waals surface area contributed by atoms with Crippen LogP contribution in [0.15, 0.2) is 24.5 Å². The number of rotatable bonds is 6. The van der Waals surface area contributed by atoms with Crippen LogP contribution in [0.2, 0.25) is 0 Å². The highest BCUT2D eigenvalue weighted by Crippen LogP contribution is 2.15. The number of aliphatic hydroxyl groups is 1. The van der Waals surface area contributed by atoms with Gasteiger partial charge in [0.25, 0.3) is 0 Å². The van der Waals surface area contributed by atoms with Crippen molar-refractivity contribution in [1.29, 1.82) is 0 Å². The summed E-state index contributed by atoms with van der Waals surface area (Å²) in [7, 11) is 0. The summed E-state index contributed by atoms with van der Waals surface area (Å²) < 4.78 is 0. The van der Waals surface area contributed by atoms with Gasteiger partial charge in [-0.15, -0.1) is 0 Å². The van der Waals surface area contributed by atoms with Crippen molar-refractivity contribution >= 4 is 23.8 Å². The predicted octanol–water partition coefficient (Wildman–Crippen LogP) is -1.07. The van der Waals surface area contributed by atoms with Crippen molar-refractivity contribution in [2.75, 3.05) is 0 Å². The van der Waals surface area contributed by atoms with E-state index in [2.05, 4.69) is 4.98 Å². The summed E-state index contributed by atoms with van der Waals surface area (Å²) in [6, 6.07) is 3.14. The first-order valence-corrected chi connectivity index (χ1v) is 5.67. The molecule has 0 bridgehead atoms. The van der Waals surface area contributed by atoms with Crippen LogP contribution in [0.25, 0.3) is 0 Å². The first kappa shape index (κ1) is 19.0. The zero-order valence-corrected chi connectivity index (χ0v) is 11.2. The molecule has 120 valence electrons. The maximum Gasteiger partial charge on any atom is 0.336 e. The maximum absolute atomic E-state index is 10.4. The largest absolute Gasteiger partial charge is 0.481 e. The number of carboxylic acids is 3. The summed E-state index contributed by atoms with van der Waals surface area (Å²) >= 11 is 0. The molecule has 0 radical (unpaired) electrons. The van der Waals surface area contributed by atoms with Gasteiger partial charge < -0.3 is 26.2 Å². The third-order valence-corrected chi connectivity index (χ3v) is 2.25. The Hall–Kier alpha value is -3.01. The second-order valence-electron chi connectivity index (χ2n) is 4.08. The van der Waals surface area contributed by atoms with Crippen molar-refractivity contribution < 1.29 is 39.6 Å². The van der Waals surface area contributed by atoms with Gasteiger partial charge in [0.15, 0.2) is 5.60 Å². The van der Waals surface area contributed by atoms with Gasteiger partial charge in [0, 0.05) is 18.0 Å². The zero-order valence-electron chi connectivity index (χ0n) is 11.2. The molecule has 10 nitrogen and oxygen atoms in total. The molecule has 1 heterocycles. The number of carbonyl (C=O) groups excluding carboxylic acids is 1. The van der Waals surface area contributed by atoms with E-state index < -0.39 is 42.3 Å². The summed E-state index contributed by atoms with van der Waals surface area (Å²) in [6.45, 7) is 0. The molecule has 1 aromatic heterocycles. The summed E-state index contributed by atoms with van der Waals surface area (Å²) in [5.74, 6) is -5.44. The van der Waals surface area contributed by atoms with Gasteiger partial charge in [0.2, 0.25) is 5.91 Å². The maximum atomic E-state index is 10.4. The first-order valence-electron chi connectivity index (χ1n) is 5.67. The molecule has 0 saturated carbocycles. The fraction of sp³-hybridized carbons (Fsp3) is 0.250. The molecule has 0 aromatic carbocycles. The summed E-state index contributed by atoms with van der Waals surface area (Å²) in [4.78, 5) is 44.6. The lowest BCUT2D eigenvalue weighted by atomic mass is 9.96. The van der Waals surface area contributed by atoms with Gasteiger partial charge in [-0.05, 0) is 12.1 Å². The molecule has 10 heteroatoms. The van der Waals surface area contributed by atoms with Gasteiger partial charge in [0.1, 0.15) is 0 Å². The smallest absolute Gasteiger partial charge is 0.336 e. The minimum absolute atomic E-state index is 0.419. The van der Waals surface area contributed by atoms with Crippen LogP contribution < -0.4 is 5.73 Å². The monoisotopic (exact) mass is 314 g/mol. The van der Waals surface area contributed by atoms with Crippen LogP contribution in [0, 0.1) is 0 Å². The van der Waals surface area contributed by atoms with Crippen molar-refractivity contribution in [3.05, 3.63) is 30.1 Å². The number of carbonyl (C=O) groups is 4. The lowest BCUT2D eigenvalue weighted by molar-refractivity contribution is -0.170. The Balaban J connectivity index is 0.000000425. The number of nitrogens with two attached hydrogens (primary N) is 1. The number of nitrogens with zero attached hydrogens (tertiary/aromatic N) is 1. The minimum atomic E-state index is -2.74. The van der Waals surface area contributed by atoms with Gasteiger partial charge in [0.05, 0.1) is 12.8 Å². The molecular weight excluding hydrogens is 300 g/mol. The van der Waals surface area contributed by atoms with E-state index >= 15 is 0 Å². The molecule has 1 amide bonds. The Kier molecular flexibility index (Phi) is 7.18. The molecule has 0 fully saturated rings. The fourth-order valence-corrected chi connectivity index (χ4v) is 1.23. The molecule has 0 unspecified atom stereocenters. The third kappa shape index (κ3) is 6.96. The highest BCUT2D eigenvalue weighted by atomic mass is 16.4.